The number of hydrogen-bond acceptors (Lipinski definition) is 3. The monoisotopic (exact) mass is 298 g/mol. The highest BCUT2D eigenvalue weighted by Crippen LogP contribution is 2.31. The normalized spacial score (nSPS) is 21.7. The first-order valence-corrected chi connectivity index (χ1v) is 8.74. The van der Waals surface area contributed by atoms with Gasteiger partial charge in [0.2, 0.25) is 0 Å². The van der Waals surface area contributed by atoms with Gasteiger partial charge in [-0.3, -0.25) is 0 Å². The summed E-state index contributed by atoms with van der Waals surface area (Å²) in [6, 6.07) is 0. The molecule has 0 amide bonds. The average Bonchev–Trinajstić information content (AvgIpc) is 2.72. The zero-order valence-electron chi connectivity index (χ0n) is 15.3. The number of rotatable bonds is 8. The number of aliphatic hydroxyl groups is 1. The highest BCUT2D eigenvalue weighted by molar-refractivity contribution is 4.89. The van der Waals surface area contributed by atoms with Gasteiger partial charge in [0.15, 0.2) is 0 Å². The van der Waals surface area contributed by atoms with Crippen molar-refractivity contribution in [3.63, 3.8) is 0 Å². The van der Waals surface area contributed by atoms with E-state index >= 15 is 0 Å². The quantitative estimate of drug-likeness (QED) is 0.721. The van der Waals surface area contributed by atoms with Gasteiger partial charge in [-0.1, -0.05) is 33.1 Å². The molecule has 0 saturated heterocycles. The first-order chi connectivity index (χ1) is 9.58. The molecule has 1 aliphatic rings. The fraction of sp³-hybridized carbons (Fsp3) is 1.00. The smallest absolute Gasteiger partial charge is 0.0774 e. The van der Waals surface area contributed by atoms with Crippen LogP contribution >= 0.6 is 0 Å². The molecule has 0 heterocycles. The second kappa shape index (κ2) is 7.43. The highest BCUT2D eigenvalue weighted by Gasteiger charge is 2.34. The van der Waals surface area contributed by atoms with Gasteiger partial charge >= 0.3 is 0 Å². The topological polar surface area (TPSA) is 35.5 Å². The SMILES string of the molecule is CCCC(C)(CNC(C)(C)C)CN(C)CC1(O)CCCC1. The van der Waals surface area contributed by atoms with E-state index in [4.69, 9.17) is 0 Å². The highest BCUT2D eigenvalue weighted by atomic mass is 16.3. The summed E-state index contributed by atoms with van der Waals surface area (Å²) in [6.07, 6.45) is 6.74. The molecule has 21 heavy (non-hydrogen) atoms. The van der Waals surface area contributed by atoms with Gasteiger partial charge < -0.3 is 15.3 Å². The predicted octanol–water partition coefficient (Wildman–Crippen LogP) is 3.42. The van der Waals surface area contributed by atoms with Crippen molar-refractivity contribution in [1.82, 2.24) is 10.2 Å². The van der Waals surface area contributed by atoms with E-state index in [9.17, 15) is 5.11 Å². The number of likely N-dealkylation sites (N-methyl/N-ethyl adjacent to an activating group) is 1. The maximum absolute atomic E-state index is 10.6. The molecule has 1 unspecified atom stereocenters. The lowest BCUT2D eigenvalue weighted by atomic mass is 9.83. The maximum atomic E-state index is 10.6. The number of nitrogens with zero attached hydrogens (tertiary/aromatic N) is 1. The van der Waals surface area contributed by atoms with Gasteiger partial charge in [0.05, 0.1) is 5.60 Å². The van der Waals surface area contributed by atoms with Gasteiger partial charge in [0.1, 0.15) is 0 Å². The molecule has 3 heteroatoms. The second-order valence-electron chi connectivity index (χ2n) is 8.77. The van der Waals surface area contributed by atoms with E-state index in [1.54, 1.807) is 0 Å². The fourth-order valence-corrected chi connectivity index (χ4v) is 3.71. The van der Waals surface area contributed by atoms with E-state index < -0.39 is 5.60 Å². The summed E-state index contributed by atoms with van der Waals surface area (Å²) in [6.45, 7) is 14.2. The van der Waals surface area contributed by atoms with Crippen LogP contribution in [0.25, 0.3) is 0 Å². The largest absolute Gasteiger partial charge is 0.389 e. The van der Waals surface area contributed by atoms with Crippen LogP contribution in [0, 0.1) is 5.41 Å². The summed E-state index contributed by atoms with van der Waals surface area (Å²) in [5.41, 5.74) is 0.00228. The van der Waals surface area contributed by atoms with E-state index in [0.29, 0.717) is 0 Å². The molecule has 3 nitrogen and oxygen atoms in total. The van der Waals surface area contributed by atoms with Crippen LogP contribution in [0.1, 0.15) is 73.1 Å². The first-order valence-electron chi connectivity index (χ1n) is 8.74. The van der Waals surface area contributed by atoms with E-state index in [1.165, 1.54) is 25.7 Å². The average molecular weight is 299 g/mol. The Hall–Kier alpha value is -0.120. The molecule has 1 saturated carbocycles. The zero-order valence-corrected chi connectivity index (χ0v) is 15.3. The molecule has 1 rings (SSSR count). The molecule has 126 valence electrons. The summed E-state index contributed by atoms with van der Waals surface area (Å²) < 4.78 is 0. The van der Waals surface area contributed by atoms with E-state index in [1.807, 2.05) is 0 Å². The summed E-state index contributed by atoms with van der Waals surface area (Å²) in [4.78, 5) is 2.35. The zero-order chi connectivity index (χ0) is 16.1. The van der Waals surface area contributed by atoms with Gasteiger partial charge in [0, 0.05) is 25.2 Å². The molecule has 0 aliphatic heterocycles. The van der Waals surface area contributed by atoms with E-state index in [0.717, 1.165) is 32.5 Å². The summed E-state index contributed by atoms with van der Waals surface area (Å²) in [5.74, 6) is 0. The Morgan fingerprint density at radius 2 is 1.71 bits per heavy atom. The summed E-state index contributed by atoms with van der Waals surface area (Å²) >= 11 is 0. The molecule has 1 aliphatic carbocycles. The minimum atomic E-state index is -0.431. The molecule has 0 aromatic heterocycles. The van der Waals surface area contributed by atoms with Crippen molar-refractivity contribution in [3.05, 3.63) is 0 Å². The van der Waals surface area contributed by atoms with Crippen LogP contribution in [-0.2, 0) is 0 Å². The first kappa shape index (κ1) is 18.9. The number of hydrogen-bond donors (Lipinski definition) is 2. The van der Waals surface area contributed by atoms with Crippen LogP contribution in [0.2, 0.25) is 0 Å². The van der Waals surface area contributed by atoms with Crippen LogP contribution in [0.4, 0.5) is 0 Å². The second-order valence-corrected chi connectivity index (χ2v) is 8.77. The molecule has 0 aromatic rings. The van der Waals surface area contributed by atoms with Gasteiger partial charge in [0.25, 0.3) is 0 Å². The van der Waals surface area contributed by atoms with Crippen LogP contribution in [0.15, 0.2) is 0 Å². The maximum Gasteiger partial charge on any atom is 0.0774 e. The summed E-state index contributed by atoms with van der Waals surface area (Å²) in [5, 5.41) is 14.3. The molecule has 1 atom stereocenters. The van der Waals surface area contributed by atoms with Crippen LogP contribution in [0.3, 0.4) is 0 Å². The van der Waals surface area contributed by atoms with Crippen molar-refractivity contribution < 1.29 is 5.11 Å². The molecule has 0 radical (unpaired) electrons. The molecule has 1 fully saturated rings. The Balaban J connectivity index is 2.55. The Morgan fingerprint density at radius 3 is 2.19 bits per heavy atom. The van der Waals surface area contributed by atoms with E-state index in [2.05, 4.69) is 51.9 Å². The summed E-state index contributed by atoms with van der Waals surface area (Å²) in [7, 11) is 2.17. The Kier molecular flexibility index (Phi) is 6.70. The third-order valence-corrected chi connectivity index (χ3v) is 4.65. The number of nitrogens with one attached hydrogen (secondary N) is 1. The van der Waals surface area contributed by atoms with Crippen LogP contribution in [-0.4, -0.2) is 47.8 Å². The lowest BCUT2D eigenvalue weighted by molar-refractivity contribution is 0.00542. The fourth-order valence-electron chi connectivity index (χ4n) is 3.71. The van der Waals surface area contributed by atoms with Crippen molar-refractivity contribution in [2.24, 2.45) is 5.41 Å². The Morgan fingerprint density at radius 1 is 1.14 bits per heavy atom. The molecule has 2 N–H and O–H groups in total. The van der Waals surface area contributed by atoms with Gasteiger partial charge in [-0.25, -0.2) is 0 Å². The Labute approximate surface area is 132 Å². The lowest BCUT2D eigenvalue weighted by Crippen LogP contribution is -2.49. The van der Waals surface area contributed by atoms with Crippen molar-refractivity contribution in [3.8, 4) is 0 Å². The van der Waals surface area contributed by atoms with Gasteiger partial charge in [-0.15, -0.1) is 0 Å². The minimum absolute atomic E-state index is 0.164. The van der Waals surface area contributed by atoms with Crippen molar-refractivity contribution in [1.29, 1.82) is 0 Å². The molecular formula is C18H38N2O. The standard InChI is InChI=1S/C18H38N2O/c1-7-10-17(5,13-19-16(2,3)4)14-20(6)15-18(21)11-8-9-12-18/h19,21H,7-15H2,1-6H3. The lowest BCUT2D eigenvalue weighted by Gasteiger charge is -2.38. The van der Waals surface area contributed by atoms with Crippen LogP contribution < -0.4 is 5.32 Å². The molecule has 0 spiro atoms. The Bertz CT molecular complexity index is 305. The molecule has 0 bridgehead atoms. The third-order valence-electron chi connectivity index (χ3n) is 4.65. The van der Waals surface area contributed by atoms with Gasteiger partial charge in [-0.2, -0.15) is 0 Å². The minimum Gasteiger partial charge on any atom is -0.389 e. The third kappa shape index (κ3) is 7.12. The van der Waals surface area contributed by atoms with Crippen LogP contribution in [0.5, 0.6) is 0 Å². The molecule has 0 aromatic carbocycles. The van der Waals surface area contributed by atoms with Crippen molar-refractivity contribution in [2.75, 3.05) is 26.7 Å². The van der Waals surface area contributed by atoms with Gasteiger partial charge in [-0.05, 0) is 52.5 Å². The van der Waals surface area contributed by atoms with Crippen molar-refractivity contribution >= 4 is 0 Å². The van der Waals surface area contributed by atoms with E-state index in [-0.39, 0.29) is 11.0 Å². The predicted molar refractivity (Wildman–Crippen MR) is 91.7 cm³/mol. The molecular weight excluding hydrogens is 260 g/mol. The van der Waals surface area contributed by atoms with Crippen molar-refractivity contribution in [2.45, 2.75) is 84.3 Å².